The van der Waals surface area contributed by atoms with Crippen molar-refractivity contribution < 1.29 is 4.79 Å². The number of benzene rings is 2. The van der Waals surface area contributed by atoms with E-state index in [-0.39, 0.29) is 0 Å². The van der Waals surface area contributed by atoms with Crippen molar-refractivity contribution in [2.24, 2.45) is 5.73 Å². The molecular weight excluding hydrogens is 295 g/mol. The molecule has 1 unspecified atom stereocenters. The first-order chi connectivity index (χ1) is 9.43. The summed E-state index contributed by atoms with van der Waals surface area (Å²) >= 11 is 12.1. The molecule has 2 aromatic rings. The molecule has 0 aliphatic carbocycles. The molecule has 1 atom stereocenters. The fraction of sp³-hybridized carbons (Fsp3) is 0.133. The van der Waals surface area contributed by atoms with Crippen LogP contribution in [0.5, 0.6) is 0 Å². The number of carbonyl (C=O) groups excluding carboxylic acids is 1. The zero-order valence-electron chi connectivity index (χ0n) is 10.9. The average Bonchev–Trinajstić information content (AvgIpc) is 2.38. The van der Waals surface area contributed by atoms with E-state index < -0.39 is 11.4 Å². The van der Waals surface area contributed by atoms with Crippen LogP contribution in [-0.4, -0.2) is 5.91 Å². The number of hydrogen-bond acceptors (Lipinski definition) is 2. The number of nitrogens with two attached hydrogens (primary N) is 1. The number of nitrogens with one attached hydrogen (secondary N) is 1. The maximum Gasteiger partial charge on any atom is 0.247 e. The highest BCUT2D eigenvalue weighted by molar-refractivity contribution is 6.32. The Morgan fingerprint density at radius 1 is 1.15 bits per heavy atom. The first-order valence-electron chi connectivity index (χ1n) is 6.02. The summed E-state index contributed by atoms with van der Waals surface area (Å²) in [4.78, 5) is 11.9. The molecule has 2 rings (SSSR count). The molecule has 0 bridgehead atoms. The molecule has 1 amide bonds. The maximum atomic E-state index is 11.9. The van der Waals surface area contributed by atoms with Gasteiger partial charge >= 0.3 is 0 Å². The van der Waals surface area contributed by atoms with Crippen LogP contribution in [0, 0.1) is 0 Å². The van der Waals surface area contributed by atoms with E-state index in [2.05, 4.69) is 5.32 Å². The molecule has 0 radical (unpaired) electrons. The van der Waals surface area contributed by atoms with Gasteiger partial charge in [-0.3, -0.25) is 4.79 Å². The minimum atomic E-state index is -1.12. The molecule has 0 spiro atoms. The standard InChI is InChI=1S/C15H14Cl2N2O/c1-15(14(18)20,12-7-2-3-8-13(12)17)19-11-6-4-5-10(16)9-11/h2-9,19H,1H3,(H2,18,20). The summed E-state index contributed by atoms with van der Waals surface area (Å²) < 4.78 is 0. The number of carbonyl (C=O) groups is 1. The lowest BCUT2D eigenvalue weighted by Crippen LogP contribution is -2.45. The fourth-order valence-corrected chi connectivity index (χ4v) is 2.50. The second-order valence-electron chi connectivity index (χ2n) is 4.60. The van der Waals surface area contributed by atoms with Crippen LogP contribution in [0.1, 0.15) is 12.5 Å². The first kappa shape index (κ1) is 14.7. The van der Waals surface area contributed by atoms with Gasteiger partial charge in [-0.25, -0.2) is 0 Å². The predicted molar refractivity (Wildman–Crippen MR) is 83.1 cm³/mol. The quantitative estimate of drug-likeness (QED) is 0.902. The fourth-order valence-electron chi connectivity index (χ4n) is 1.98. The van der Waals surface area contributed by atoms with Gasteiger partial charge in [0.1, 0.15) is 5.54 Å². The third kappa shape index (κ3) is 2.89. The minimum Gasteiger partial charge on any atom is -0.368 e. The molecule has 0 aliphatic heterocycles. The number of hydrogen-bond donors (Lipinski definition) is 2. The van der Waals surface area contributed by atoms with Gasteiger partial charge in [0.2, 0.25) is 5.91 Å². The summed E-state index contributed by atoms with van der Waals surface area (Å²) in [5, 5.41) is 4.16. The summed E-state index contributed by atoms with van der Waals surface area (Å²) in [5.74, 6) is -0.523. The van der Waals surface area contributed by atoms with E-state index in [1.807, 2.05) is 12.1 Å². The van der Waals surface area contributed by atoms with E-state index in [1.54, 1.807) is 43.3 Å². The Hall–Kier alpha value is -1.71. The lowest BCUT2D eigenvalue weighted by molar-refractivity contribution is -0.122. The van der Waals surface area contributed by atoms with Gasteiger partial charge in [0, 0.05) is 21.3 Å². The van der Waals surface area contributed by atoms with Crippen LogP contribution in [0.25, 0.3) is 0 Å². The van der Waals surface area contributed by atoms with Gasteiger partial charge in [0.05, 0.1) is 0 Å². The molecule has 0 fully saturated rings. The Morgan fingerprint density at radius 3 is 2.45 bits per heavy atom. The largest absolute Gasteiger partial charge is 0.368 e. The Morgan fingerprint density at radius 2 is 1.85 bits per heavy atom. The second-order valence-corrected chi connectivity index (χ2v) is 5.45. The highest BCUT2D eigenvalue weighted by atomic mass is 35.5. The van der Waals surface area contributed by atoms with Gasteiger partial charge in [-0.05, 0) is 31.2 Å². The summed E-state index contributed by atoms with van der Waals surface area (Å²) in [6, 6.07) is 14.2. The third-order valence-corrected chi connectivity index (χ3v) is 3.69. The summed E-state index contributed by atoms with van der Waals surface area (Å²) in [6.45, 7) is 1.69. The van der Waals surface area contributed by atoms with E-state index >= 15 is 0 Å². The molecule has 20 heavy (non-hydrogen) atoms. The monoisotopic (exact) mass is 308 g/mol. The summed E-state index contributed by atoms with van der Waals surface area (Å²) in [5.41, 5.74) is 5.76. The van der Waals surface area contributed by atoms with Crippen molar-refractivity contribution in [3.8, 4) is 0 Å². The lowest BCUT2D eigenvalue weighted by atomic mass is 9.90. The molecule has 5 heteroatoms. The zero-order chi connectivity index (χ0) is 14.8. The van der Waals surface area contributed by atoms with E-state index in [0.717, 1.165) is 0 Å². The van der Waals surface area contributed by atoms with Crippen LogP contribution in [0.4, 0.5) is 5.69 Å². The van der Waals surface area contributed by atoms with Crippen LogP contribution in [0.15, 0.2) is 48.5 Å². The molecular formula is C15H14Cl2N2O. The van der Waals surface area contributed by atoms with Crippen LogP contribution < -0.4 is 11.1 Å². The van der Waals surface area contributed by atoms with Crippen LogP contribution in [0.3, 0.4) is 0 Å². The van der Waals surface area contributed by atoms with Crippen molar-refractivity contribution in [1.29, 1.82) is 0 Å². The molecule has 3 nitrogen and oxygen atoms in total. The molecule has 0 aromatic heterocycles. The molecule has 0 saturated carbocycles. The molecule has 0 saturated heterocycles. The third-order valence-electron chi connectivity index (χ3n) is 3.12. The van der Waals surface area contributed by atoms with Crippen molar-refractivity contribution in [2.75, 3.05) is 5.32 Å². The topological polar surface area (TPSA) is 55.1 Å². The summed E-state index contributed by atoms with van der Waals surface area (Å²) in [6.07, 6.45) is 0. The average molecular weight is 309 g/mol. The van der Waals surface area contributed by atoms with Crippen molar-refractivity contribution >= 4 is 34.8 Å². The molecule has 0 heterocycles. The maximum absolute atomic E-state index is 11.9. The first-order valence-corrected chi connectivity index (χ1v) is 6.78. The van der Waals surface area contributed by atoms with Crippen molar-refractivity contribution in [2.45, 2.75) is 12.5 Å². The van der Waals surface area contributed by atoms with Gasteiger partial charge in [0.25, 0.3) is 0 Å². The van der Waals surface area contributed by atoms with Gasteiger partial charge in [-0.15, -0.1) is 0 Å². The van der Waals surface area contributed by atoms with Gasteiger partial charge < -0.3 is 11.1 Å². The molecule has 104 valence electrons. The summed E-state index contributed by atoms with van der Waals surface area (Å²) in [7, 11) is 0. The highest BCUT2D eigenvalue weighted by Gasteiger charge is 2.34. The smallest absolute Gasteiger partial charge is 0.247 e. The lowest BCUT2D eigenvalue weighted by Gasteiger charge is -2.30. The molecule has 2 aromatic carbocycles. The predicted octanol–water partition coefficient (Wildman–Crippen LogP) is 3.81. The zero-order valence-corrected chi connectivity index (χ0v) is 12.4. The number of primary amides is 1. The molecule has 3 N–H and O–H groups in total. The molecule has 0 aliphatic rings. The number of rotatable bonds is 4. The van der Waals surface area contributed by atoms with Crippen LogP contribution >= 0.6 is 23.2 Å². The Kier molecular flexibility index (Phi) is 4.21. The minimum absolute atomic E-state index is 0.475. The van der Waals surface area contributed by atoms with E-state index in [1.165, 1.54) is 0 Å². The second kappa shape index (κ2) is 5.73. The van der Waals surface area contributed by atoms with Crippen molar-refractivity contribution in [3.63, 3.8) is 0 Å². The Bertz CT molecular complexity index is 645. The Labute approximate surface area is 127 Å². The number of halogens is 2. The van der Waals surface area contributed by atoms with Gasteiger partial charge in [-0.1, -0.05) is 47.5 Å². The Balaban J connectivity index is 2.46. The number of amides is 1. The van der Waals surface area contributed by atoms with E-state index in [9.17, 15) is 4.79 Å². The number of anilines is 1. The van der Waals surface area contributed by atoms with Crippen molar-refractivity contribution in [3.05, 3.63) is 64.1 Å². The SMILES string of the molecule is CC(Nc1cccc(Cl)c1)(C(N)=O)c1ccccc1Cl. The van der Waals surface area contributed by atoms with Gasteiger partial charge in [0.15, 0.2) is 0 Å². The van der Waals surface area contributed by atoms with Gasteiger partial charge in [-0.2, -0.15) is 0 Å². The van der Waals surface area contributed by atoms with Crippen LogP contribution in [-0.2, 0) is 10.3 Å². The normalized spacial score (nSPS) is 13.6. The van der Waals surface area contributed by atoms with Crippen molar-refractivity contribution in [1.82, 2.24) is 0 Å². The van der Waals surface area contributed by atoms with Crippen LogP contribution in [0.2, 0.25) is 10.0 Å². The van der Waals surface area contributed by atoms with E-state index in [4.69, 9.17) is 28.9 Å². The highest BCUT2D eigenvalue weighted by Crippen LogP contribution is 2.31. The van der Waals surface area contributed by atoms with E-state index in [0.29, 0.717) is 21.3 Å².